The molecule has 0 aliphatic rings. The van der Waals surface area contributed by atoms with Gasteiger partial charge in [0.1, 0.15) is 0 Å². The van der Waals surface area contributed by atoms with Gasteiger partial charge in [0.25, 0.3) is 5.91 Å². The first-order valence-corrected chi connectivity index (χ1v) is 7.10. The van der Waals surface area contributed by atoms with Crippen LogP contribution in [0.4, 0.5) is 5.69 Å². The maximum Gasteiger partial charge on any atom is 0.339 e. The Morgan fingerprint density at radius 1 is 1.18 bits per heavy atom. The van der Waals surface area contributed by atoms with E-state index in [2.05, 4.69) is 10.3 Å². The van der Waals surface area contributed by atoms with Gasteiger partial charge in [-0.2, -0.15) is 0 Å². The van der Waals surface area contributed by atoms with E-state index in [4.69, 9.17) is 27.9 Å². The number of rotatable bonds is 4. The van der Waals surface area contributed by atoms with Gasteiger partial charge >= 0.3 is 5.97 Å². The van der Waals surface area contributed by atoms with Gasteiger partial charge < -0.3 is 10.1 Å². The summed E-state index contributed by atoms with van der Waals surface area (Å²) < 4.78 is 5.09. The number of anilines is 1. The van der Waals surface area contributed by atoms with E-state index in [0.29, 0.717) is 21.3 Å². The SMILES string of the molecule is C[C@H](OC(=O)c1ccncc1)C(=O)Nc1ccc(Cl)cc1Cl. The van der Waals surface area contributed by atoms with Crippen LogP contribution >= 0.6 is 23.2 Å². The molecule has 0 unspecified atom stereocenters. The fourth-order valence-electron chi connectivity index (χ4n) is 1.60. The second-order valence-corrected chi connectivity index (χ2v) is 5.24. The van der Waals surface area contributed by atoms with Crippen LogP contribution in [0.1, 0.15) is 17.3 Å². The van der Waals surface area contributed by atoms with Crippen LogP contribution in [0, 0.1) is 0 Å². The normalized spacial score (nSPS) is 11.6. The highest BCUT2D eigenvalue weighted by molar-refractivity contribution is 6.36. The molecule has 114 valence electrons. The van der Waals surface area contributed by atoms with Crippen LogP contribution in [-0.4, -0.2) is 23.0 Å². The quantitative estimate of drug-likeness (QED) is 0.865. The Balaban J connectivity index is 1.99. The summed E-state index contributed by atoms with van der Waals surface area (Å²) in [6.45, 7) is 1.47. The van der Waals surface area contributed by atoms with Crippen LogP contribution in [0.15, 0.2) is 42.7 Å². The van der Waals surface area contributed by atoms with E-state index in [9.17, 15) is 9.59 Å². The minimum atomic E-state index is -0.979. The highest BCUT2D eigenvalue weighted by atomic mass is 35.5. The van der Waals surface area contributed by atoms with Crippen molar-refractivity contribution < 1.29 is 14.3 Å². The Kier molecular flexibility index (Phi) is 5.35. The van der Waals surface area contributed by atoms with Gasteiger partial charge in [0.15, 0.2) is 6.10 Å². The lowest BCUT2D eigenvalue weighted by molar-refractivity contribution is -0.123. The zero-order valence-electron chi connectivity index (χ0n) is 11.5. The summed E-state index contributed by atoms with van der Waals surface area (Å²) in [7, 11) is 0. The standard InChI is InChI=1S/C15H12Cl2N2O3/c1-9(22-15(21)10-4-6-18-7-5-10)14(20)19-13-3-2-11(16)8-12(13)17/h2-9H,1H3,(H,19,20)/t9-/m0/s1. The van der Waals surface area contributed by atoms with Gasteiger partial charge in [-0.15, -0.1) is 0 Å². The van der Waals surface area contributed by atoms with Gasteiger partial charge in [-0.05, 0) is 37.3 Å². The average molecular weight is 339 g/mol. The van der Waals surface area contributed by atoms with Crippen molar-refractivity contribution in [2.24, 2.45) is 0 Å². The van der Waals surface area contributed by atoms with Crippen molar-refractivity contribution in [2.75, 3.05) is 5.32 Å². The van der Waals surface area contributed by atoms with Gasteiger partial charge in [-0.25, -0.2) is 4.79 Å². The van der Waals surface area contributed by atoms with Crippen molar-refractivity contribution >= 4 is 40.8 Å². The molecule has 1 aromatic heterocycles. The maximum absolute atomic E-state index is 12.0. The predicted molar refractivity (Wildman–Crippen MR) is 84.2 cm³/mol. The molecular formula is C15H12Cl2N2O3. The van der Waals surface area contributed by atoms with Crippen molar-refractivity contribution in [1.29, 1.82) is 0 Å². The number of hydrogen-bond acceptors (Lipinski definition) is 4. The topological polar surface area (TPSA) is 68.3 Å². The summed E-state index contributed by atoms with van der Waals surface area (Å²) in [6.07, 6.45) is 1.95. The minimum absolute atomic E-state index is 0.300. The lowest BCUT2D eigenvalue weighted by Crippen LogP contribution is -2.30. The molecule has 0 aliphatic heterocycles. The summed E-state index contributed by atoms with van der Waals surface area (Å²) in [6, 6.07) is 7.68. The first-order valence-electron chi connectivity index (χ1n) is 6.34. The molecule has 1 N–H and O–H groups in total. The van der Waals surface area contributed by atoms with Crippen LogP contribution in [0.5, 0.6) is 0 Å². The number of benzene rings is 1. The molecule has 1 aromatic carbocycles. The van der Waals surface area contributed by atoms with E-state index in [1.165, 1.54) is 37.5 Å². The van der Waals surface area contributed by atoms with Crippen LogP contribution in [0.3, 0.4) is 0 Å². The van der Waals surface area contributed by atoms with Crippen molar-refractivity contribution in [1.82, 2.24) is 4.98 Å². The number of pyridine rings is 1. The third kappa shape index (κ3) is 4.19. The van der Waals surface area contributed by atoms with Crippen molar-refractivity contribution in [3.8, 4) is 0 Å². The van der Waals surface area contributed by atoms with Crippen molar-refractivity contribution in [3.05, 3.63) is 58.3 Å². The number of aromatic nitrogens is 1. The van der Waals surface area contributed by atoms with E-state index >= 15 is 0 Å². The largest absolute Gasteiger partial charge is 0.449 e. The summed E-state index contributed by atoms with van der Waals surface area (Å²) in [5, 5.41) is 3.33. The molecule has 22 heavy (non-hydrogen) atoms. The smallest absolute Gasteiger partial charge is 0.339 e. The van der Waals surface area contributed by atoms with Crippen molar-refractivity contribution in [3.63, 3.8) is 0 Å². The third-order valence-corrected chi connectivity index (χ3v) is 3.31. The number of nitrogens with one attached hydrogen (secondary N) is 1. The molecule has 0 fully saturated rings. The second kappa shape index (κ2) is 7.24. The first-order chi connectivity index (χ1) is 10.5. The number of amides is 1. The first kappa shape index (κ1) is 16.3. The molecule has 2 rings (SSSR count). The van der Waals surface area contributed by atoms with Crippen LogP contribution in [0.25, 0.3) is 0 Å². The Morgan fingerprint density at radius 2 is 1.86 bits per heavy atom. The van der Waals surface area contributed by atoms with E-state index < -0.39 is 18.0 Å². The Morgan fingerprint density at radius 3 is 2.50 bits per heavy atom. The molecule has 1 amide bonds. The fraction of sp³-hybridized carbons (Fsp3) is 0.133. The highest BCUT2D eigenvalue weighted by Gasteiger charge is 2.19. The summed E-state index contributed by atoms with van der Waals surface area (Å²) in [4.78, 5) is 27.7. The lowest BCUT2D eigenvalue weighted by atomic mass is 10.2. The molecule has 2 aromatic rings. The maximum atomic E-state index is 12.0. The highest BCUT2D eigenvalue weighted by Crippen LogP contribution is 2.25. The number of halogens is 2. The van der Waals surface area contributed by atoms with Gasteiger partial charge in [-0.1, -0.05) is 23.2 Å². The number of carbonyl (C=O) groups excluding carboxylic acids is 2. The number of carbonyl (C=O) groups is 2. The summed E-state index contributed by atoms with van der Waals surface area (Å²) >= 11 is 11.7. The molecule has 0 radical (unpaired) electrons. The number of ether oxygens (including phenoxy) is 1. The van der Waals surface area contributed by atoms with Gasteiger partial charge in [0.05, 0.1) is 16.3 Å². The van der Waals surface area contributed by atoms with E-state index in [1.807, 2.05) is 0 Å². The van der Waals surface area contributed by atoms with Gasteiger partial charge in [0.2, 0.25) is 0 Å². The molecule has 1 atom stereocenters. The third-order valence-electron chi connectivity index (χ3n) is 2.76. The van der Waals surface area contributed by atoms with Crippen LogP contribution in [0.2, 0.25) is 10.0 Å². The Labute approximate surface area is 137 Å². The van der Waals surface area contributed by atoms with E-state index in [0.717, 1.165) is 0 Å². The summed E-state index contributed by atoms with van der Waals surface area (Å²) in [5.74, 6) is -1.10. The average Bonchev–Trinajstić information content (AvgIpc) is 2.50. The predicted octanol–water partition coefficient (Wildman–Crippen LogP) is 3.57. The molecule has 0 bridgehead atoms. The van der Waals surface area contributed by atoms with E-state index in [1.54, 1.807) is 12.1 Å². The summed E-state index contributed by atoms with van der Waals surface area (Å²) in [5.41, 5.74) is 0.710. The van der Waals surface area contributed by atoms with Crippen molar-refractivity contribution in [2.45, 2.75) is 13.0 Å². The molecule has 5 nitrogen and oxygen atoms in total. The van der Waals surface area contributed by atoms with E-state index in [-0.39, 0.29) is 0 Å². The van der Waals surface area contributed by atoms with Gasteiger partial charge in [-0.3, -0.25) is 9.78 Å². The lowest BCUT2D eigenvalue weighted by Gasteiger charge is -2.14. The zero-order valence-corrected chi connectivity index (χ0v) is 13.1. The molecule has 0 saturated heterocycles. The van der Waals surface area contributed by atoms with Gasteiger partial charge in [0, 0.05) is 17.4 Å². The zero-order chi connectivity index (χ0) is 16.1. The van der Waals surface area contributed by atoms with Crippen LogP contribution < -0.4 is 5.32 Å². The monoisotopic (exact) mass is 338 g/mol. The second-order valence-electron chi connectivity index (χ2n) is 4.40. The molecule has 0 spiro atoms. The molecular weight excluding hydrogens is 327 g/mol. The number of nitrogens with zero attached hydrogens (tertiary/aromatic N) is 1. The Hall–Kier alpha value is -2.11. The minimum Gasteiger partial charge on any atom is -0.449 e. The molecule has 1 heterocycles. The van der Waals surface area contributed by atoms with Crippen LogP contribution in [-0.2, 0) is 9.53 Å². The molecule has 0 saturated carbocycles. The fourth-order valence-corrected chi connectivity index (χ4v) is 2.05. The molecule has 0 aliphatic carbocycles. The molecule has 7 heteroatoms. The number of esters is 1. The number of hydrogen-bond donors (Lipinski definition) is 1. The Bertz CT molecular complexity index is 692.